The van der Waals surface area contributed by atoms with Crippen LogP contribution in [0.1, 0.15) is 5.56 Å². The molecule has 1 aromatic rings. The summed E-state index contributed by atoms with van der Waals surface area (Å²) in [7, 11) is 0. The van der Waals surface area contributed by atoms with Gasteiger partial charge in [-0.05, 0) is 11.6 Å². The Bertz CT molecular complexity index is 274. The van der Waals surface area contributed by atoms with E-state index < -0.39 is 5.23 Å². The lowest BCUT2D eigenvalue weighted by Gasteiger charge is -2.13. The van der Waals surface area contributed by atoms with Gasteiger partial charge in [-0.3, -0.25) is 0 Å². The number of hydrogen-bond donors (Lipinski definition) is 4. The van der Waals surface area contributed by atoms with E-state index in [4.69, 9.17) is 15.4 Å². The van der Waals surface area contributed by atoms with Crippen LogP contribution in [0, 0.1) is 5.21 Å². The van der Waals surface area contributed by atoms with Crippen molar-refractivity contribution in [2.75, 3.05) is 0 Å². The number of quaternary nitrogens is 1. The van der Waals surface area contributed by atoms with Crippen LogP contribution in [0.5, 0.6) is 5.75 Å². The lowest BCUT2D eigenvalue weighted by atomic mass is 10.2. The molecule has 5 heteroatoms. The first kappa shape index (κ1) is 8.95. The van der Waals surface area contributed by atoms with Crippen molar-refractivity contribution < 1.29 is 20.6 Å². The summed E-state index contributed by atoms with van der Waals surface area (Å²) in [4.78, 5) is 0. The smallest absolute Gasteiger partial charge is 0.206 e. The Morgan fingerprint density at radius 3 is 2.58 bits per heavy atom. The fourth-order valence-electron chi connectivity index (χ4n) is 0.853. The molecule has 0 saturated carbocycles. The first-order valence-electron chi connectivity index (χ1n) is 3.31. The normalized spacial score (nSPS) is 12.9. The fourth-order valence-corrected chi connectivity index (χ4v) is 0.853. The maximum atomic E-state index is 10.4. The number of aliphatic hydroxyl groups excluding tert-OH is 1. The van der Waals surface area contributed by atoms with E-state index in [9.17, 15) is 5.21 Å². The Kier molecular flexibility index (Phi) is 2.61. The molecule has 1 rings (SSSR count). The molecule has 0 saturated heterocycles. The quantitative estimate of drug-likeness (QED) is 0.349. The molecule has 12 heavy (non-hydrogen) atoms. The number of nitrogens with one attached hydrogen (secondary N) is 1. The van der Waals surface area contributed by atoms with E-state index in [1.54, 1.807) is 0 Å². The van der Waals surface area contributed by atoms with Crippen molar-refractivity contribution in [3.05, 3.63) is 29.0 Å². The molecule has 0 amide bonds. The Balaban J connectivity index is 3.08. The zero-order chi connectivity index (χ0) is 9.14. The molecular weight excluding hydrogens is 162 g/mol. The maximum absolute atomic E-state index is 10.4. The molecule has 0 aromatic heterocycles. The predicted molar refractivity (Wildman–Crippen MR) is 39.8 cm³/mol. The summed E-state index contributed by atoms with van der Waals surface area (Å²) < 4.78 is 0. The van der Waals surface area contributed by atoms with Gasteiger partial charge in [0.2, 0.25) is 5.69 Å². The number of benzene rings is 1. The van der Waals surface area contributed by atoms with E-state index in [0.717, 1.165) is 0 Å². The summed E-state index contributed by atoms with van der Waals surface area (Å²) in [6.07, 6.45) is 0. The van der Waals surface area contributed by atoms with Gasteiger partial charge in [-0.15, -0.1) is 0 Å². The molecule has 0 radical (unpaired) electrons. The lowest BCUT2D eigenvalue weighted by Crippen LogP contribution is -2.99. The van der Waals surface area contributed by atoms with Crippen LogP contribution in [0.3, 0.4) is 0 Å². The van der Waals surface area contributed by atoms with Gasteiger partial charge in [-0.2, -0.15) is 5.23 Å². The topological polar surface area (TPSA) is 88.2 Å². The molecule has 0 aliphatic carbocycles. The molecule has 4 N–H and O–H groups in total. The summed E-state index contributed by atoms with van der Waals surface area (Å²) in [5.41, 5.74) is 0.270. The van der Waals surface area contributed by atoms with Gasteiger partial charge in [0.05, 0.1) is 6.61 Å². The van der Waals surface area contributed by atoms with E-state index in [2.05, 4.69) is 0 Å². The van der Waals surface area contributed by atoms with Gasteiger partial charge in [0.15, 0.2) is 5.75 Å². The second-order valence-electron chi connectivity index (χ2n) is 2.31. The third kappa shape index (κ3) is 1.72. The number of rotatable bonds is 2. The van der Waals surface area contributed by atoms with Gasteiger partial charge >= 0.3 is 0 Å². The van der Waals surface area contributed by atoms with E-state index in [-0.39, 0.29) is 18.0 Å². The molecule has 1 atom stereocenters. The Morgan fingerprint density at radius 1 is 1.42 bits per heavy atom. The minimum absolute atomic E-state index is 0.193. The Morgan fingerprint density at radius 2 is 2.08 bits per heavy atom. The second-order valence-corrected chi connectivity index (χ2v) is 2.31. The third-order valence-electron chi connectivity index (χ3n) is 1.47. The average Bonchev–Trinajstić information content (AvgIpc) is 2.05. The van der Waals surface area contributed by atoms with Crippen LogP contribution in [0.15, 0.2) is 18.2 Å². The summed E-state index contributed by atoms with van der Waals surface area (Å²) in [5, 5.41) is 35.5. The van der Waals surface area contributed by atoms with Crippen LogP contribution in [-0.4, -0.2) is 15.4 Å². The molecule has 0 bridgehead atoms. The SMILES string of the molecule is [O-][NH+](O)c1cc(CO)ccc1O. The standard InChI is InChI=1S/C7H9NO4/c9-4-5-1-2-7(10)6(3-5)8(11)12/h1-3,8-11H,4H2. The highest BCUT2D eigenvalue weighted by Crippen LogP contribution is 2.19. The zero-order valence-electron chi connectivity index (χ0n) is 6.19. The minimum Gasteiger partial charge on any atom is -0.595 e. The van der Waals surface area contributed by atoms with Crippen molar-refractivity contribution in [1.82, 2.24) is 0 Å². The number of hydrogen-bond acceptors (Lipinski definition) is 4. The Labute approximate surface area is 68.6 Å². The molecule has 0 aliphatic rings. The summed E-state index contributed by atoms with van der Waals surface area (Å²) in [5.74, 6) is -0.292. The Hall–Kier alpha value is -1.14. The third-order valence-corrected chi connectivity index (χ3v) is 1.47. The highest BCUT2D eigenvalue weighted by Gasteiger charge is 2.07. The van der Waals surface area contributed by atoms with Gasteiger partial charge in [0, 0.05) is 6.07 Å². The summed E-state index contributed by atoms with van der Waals surface area (Å²) in [6.45, 7) is -0.236. The molecule has 0 spiro atoms. The van der Waals surface area contributed by atoms with Gasteiger partial charge in [0.1, 0.15) is 0 Å². The second kappa shape index (κ2) is 3.51. The molecule has 66 valence electrons. The van der Waals surface area contributed by atoms with Gasteiger partial charge < -0.3 is 15.4 Å². The zero-order valence-corrected chi connectivity index (χ0v) is 6.19. The molecule has 0 aliphatic heterocycles. The molecular formula is C7H9NO4. The van der Waals surface area contributed by atoms with Crippen molar-refractivity contribution in [2.45, 2.75) is 6.61 Å². The van der Waals surface area contributed by atoms with Crippen LogP contribution in [-0.2, 0) is 6.61 Å². The molecule has 1 aromatic carbocycles. The predicted octanol–water partition coefficient (Wildman–Crippen LogP) is -0.712. The van der Waals surface area contributed by atoms with E-state index in [0.29, 0.717) is 5.56 Å². The van der Waals surface area contributed by atoms with E-state index in [1.807, 2.05) is 0 Å². The molecule has 0 fully saturated rings. The lowest BCUT2D eigenvalue weighted by molar-refractivity contribution is -0.991. The number of aliphatic hydroxyl groups is 1. The highest BCUT2D eigenvalue weighted by atomic mass is 16.8. The number of aromatic hydroxyl groups is 1. The van der Waals surface area contributed by atoms with Gasteiger partial charge in [0.25, 0.3) is 0 Å². The average molecular weight is 171 g/mol. The molecule has 5 nitrogen and oxygen atoms in total. The van der Waals surface area contributed by atoms with Gasteiger partial charge in [-0.25, -0.2) is 5.21 Å². The largest absolute Gasteiger partial charge is 0.595 e. The van der Waals surface area contributed by atoms with Crippen LogP contribution in [0.4, 0.5) is 5.69 Å². The van der Waals surface area contributed by atoms with Crippen LogP contribution < -0.4 is 5.23 Å². The fraction of sp³-hybridized carbons (Fsp3) is 0.143. The van der Waals surface area contributed by atoms with Crippen LogP contribution >= 0.6 is 0 Å². The van der Waals surface area contributed by atoms with Crippen LogP contribution in [0.25, 0.3) is 0 Å². The molecule has 1 unspecified atom stereocenters. The van der Waals surface area contributed by atoms with Crippen LogP contribution in [0.2, 0.25) is 0 Å². The molecule has 0 heterocycles. The number of phenolic OH excluding ortho intramolecular Hbond substituents is 1. The van der Waals surface area contributed by atoms with Crippen molar-refractivity contribution >= 4 is 5.69 Å². The van der Waals surface area contributed by atoms with E-state index in [1.165, 1.54) is 18.2 Å². The minimum atomic E-state index is -1.21. The van der Waals surface area contributed by atoms with E-state index >= 15 is 0 Å². The summed E-state index contributed by atoms with van der Waals surface area (Å²) >= 11 is 0. The highest BCUT2D eigenvalue weighted by molar-refractivity contribution is 5.46. The van der Waals surface area contributed by atoms with Crippen molar-refractivity contribution in [1.29, 1.82) is 0 Å². The monoisotopic (exact) mass is 171 g/mol. The maximum Gasteiger partial charge on any atom is 0.206 e. The first-order valence-corrected chi connectivity index (χ1v) is 3.31. The number of phenols is 1. The van der Waals surface area contributed by atoms with Gasteiger partial charge in [-0.1, -0.05) is 6.07 Å². The van der Waals surface area contributed by atoms with Crippen molar-refractivity contribution in [2.24, 2.45) is 0 Å². The van der Waals surface area contributed by atoms with Crippen molar-refractivity contribution in [3.8, 4) is 5.75 Å². The van der Waals surface area contributed by atoms with Crippen molar-refractivity contribution in [3.63, 3.8) is 0 Å². The summed E-state index contributed by atoms with van der Waals surface area (Å²) in [6, 6.07) is 3.94. The first-order chi connectivity index (χ1) is 5.65.